The zero-order chi connectivity index (χ0) is 16.0. The third-order valence-corrected chi connectivity index (χ3v) is 4.82. The SMILES string of the molecule is NC(=O)C1CCc2c(nc3ccc(Cl)cc3c2-c2ccc[nH]2)C1. The summed E-state index contributed by atoms with van der Waals surface area (Å²) in [5.74, 6) is -0.369. The maximum absolute atomic E-state index is 11.6. The standard InChI is InChI=1S/C18H16ClN3O/c19-11-4-6-14-13(9-11)17(15-2-1-7-21-15)12-5-3-10(18(20)23)8-16(12)22-14/h1-2,4,6-7,9-10,21H,3,5,8H2,(H2,20,23). The van der Waals surface area contributed by atoms with E-state index in [-0.39, 0.29) is 11.8 Å². The fourth-order valence-electron chi connectivity index (χ4n) is 3.45. The number of primary amides is 1. The van der Waals surface area contributed by atoms with Gasteiger partial charge in [-0.15, -0.1) is 0 Å². The fourth-order valence-corrected chi connectivity index (χ4v) is 3.63. The highest BCUT2D eigenvalue weighted by Crippen LogP contribution is 2.37. The van der Waals surface area contributed by atoms with Crippen LogP contribution in [-0.4, -0.2) is 15.9 Å². The number of carbonyl (C=O) groups excluding carboxylic acids is 1. The molecule has 1 aliphatic carbocycles. The molecule has 4 rings (SSSR count). The van der Waals surface area contributed by atoms with Gasteiger partial charge in [-0.05, 0) is 48.7 Å². The second-order valence-electron chi connectivity index (χ2n) is 6.00. The Labute approximate surface area is 138 Å². The summed E-state index contributed by atoms with van der Waals surface area (Å²) < 4.78 is 0. The molecule has 2 heterocycles. The number of benzene rings is 1. The maximum Gasteiger partial charge on any atom is 0.220 e. The normalized spacial score (nSPS) is 17.2. The van der Waals surface area contributed by atoms with Crippen LogP contribution in [0, 0.1) is 5.92 Å². The first-order valence-electron chi connectivity index (χ1n) is 7.67. The number of aromatic amines is 1. The lowest BCUT2D eigenvalue weighted by atomic mass is 9.82. The van der Waals surface area contributed by atoms with Crippen molar-refractivity contribution in [2.24, 2.45) is 11.7 Å². The number of rotatable bonds is 2. The van der Waals surface area contributed by atoms with Gasteiger partial charge in [0.2, 0.25) is 5.91 Å². The summed E-state index contributed by atoms with van der Waals surface area (Å²) in [6.07, 6.45) is 4.08. The highest BCUT2D eigenvalue weighted by atomic mass is 35.5. The number of fused-ring (bicyclic) bond motifs is 2. The molecule has 0 saturated carbocycles. The molecule has 3 aromatic rings. The zero-order valence-corrected chi connectivity index (χ0v) is 13.2. The van der Waals surface area contributed by atoms with E-state index in [1.807, 2.05) is 30.5 Å². The van der Waals surface area contributed by atoms with E-state index in [0.717, 1.165) is 40.7 Å². The molecule has 0 radical (unpaired) electrons. The minimum Gasteiger partial charge on any atom is -0.369 e. The number of pyridine rings is 1. The van der Waals surface area contributed by atoms with Crippen molar-refractivity contribution in [1.82, 2.24) is 9.97 Å². The van der Waals surface area contributed by atoms with Gasteiger partial charge in [-0.1, -0.05) is 11.6 Å². The number of nitrogens with zero attached hydrogens (tertiary/aromatic N) is 1. The van der Waals surface area contributed by atoms with Crippen LogP contribution in [0.5, 0.6) is 0 Å². The van der Waals surface area contributed by atoms with Crippen LogP contribution in [0.1, 0.15) is 17.7 Å². The van der Waals surface area contributed by atoms with Crippen molar-refractivity contribution in [3.8, 4) is 11.3 Å². The Kier molecular flexibility index (Phi) is 3.34. The molecule has 0 aliphatic heterocycles. The summed E-state index contributed by atoms with van der Waals surface area (Å²) in [5, 5.41) is 1.73. The van der Waals surface area contributed by atoms with Crippen LogP contribution in [-0.2, 0) is 17.6 Å². The number of amides is 1. The Morgan fingerprint density at radius 2 is 2.22 bits per heavy atom. The monoisotopic (exact) mass is 325 g/mol. The summed E-state index contributed by atoms with van der Waals surface area (Å²) in [6, 6.07) is 9.76. The first kappa shape index (κ1) is 14.3. The first-order chi connectivity index (χ1) is 11.1. The number of nitrogens with one attached hydrogen (secondary N) is 1. The highest BCUT2D eigenvalue weighted by Gasteiger charge is 2.27. The number of aromatic nitrogens is 2. The average Bonchev–Trinajstić information content (AvgIpc) is 3.06. The van der Waals surface area contributed by atoms with Crippen molar-refractivity contribution >= 4 is 28.4 Å². The molecule has 0 saturated heterocycles. The summed E-state index contributed by atoms with van der Waals surface area (Å²) in [4.78, 5) is 19.6. The molecule has 23 heavy (non-hydrogen) atoms. The Bertz CT molecular complexity index is 902. The number of halogens is 1. The Morgan fingerprint density at radius 1 is 1.35 bits per heavy atom. The second-order valence-corrected chi connectivity index (χ2v) is 6.44. The lowest BCUT2D eigenvalue weighted by Crippen LogP contribution is -2.29. The van der Waals surface area contributed by atoms with E-state index in [0.29, 0.717) is 11.4 Å². The number of hydrogen-bond donors (Lipinski definition) is 2. The van der Waals surface area contributed by atoms with Crippen LogP contribution in [0.4, 0.5) is 0 Å². The predicted molar refractivity (Wildman–Crippen MR) is 91.2 cm³/mol. The molecular formula is C18H16ClN3O. The van der Waals surface area contributed by atoms with Gasteiger partial charge in [0.05, 0.1) is 5.52 Å². The van der Waals surface area contributed by atoms with E-state index in [9.17, 15) is 4.79 Å². The number of hydrogen-bond acceptors (Lipinski definition) is 2. The molecule has 0 fully saturated rings. The third kappa shape index (κ3) is 2.39. The molecule has 1 atom stereocenters. The minimum atomic E-state index is -0.241. The van der Waals surface area contributed by atoms with Gasteiger partial charge in [0.25, 0.3) is 0 Å². The van der Waals surface area contributed by atoms with Gasteiger partial charge in [-0.25, -0.2) is 0 Å². The molecule has 0 spiro atoms. The van der Waals surface area contributed by atoms with Crippen molar-refractivity contribution in [2.75, 3.05) is 0 Å². The molecule has 1 aliphatic rings. The largest absolute Gasteiger partial charge is 0.369 e. The van der Waals surface area contributed by atoms with Crippen molar-refractivity contribution in [3.63, 3.8) is 0 Å². The zero-order valence-electron chi connectivity index (χ0n) is 12.5. The summed E-state index contributed by atoms with van der Waals surface area (Å²) >= 11 is 6.20. The predicted octanol–water partition coefficient (Wildman–Crippen LogP) is 3.47. The van der Waals surface area contributed by atoms with Crippen LogP contribution in [0.3, 0.4) is 0 Å². The smallest absolute Gasteiger partial charge is 0.220 e. The molecule has 4 nitrogen and oxygen atoms in total. The average molecular weight is 326 g/mol. The van der Waals surface area contributed by atoms with E-state index in [1.54, 1.807) is 0 Å². The molecular weight excluding hydrogens is 310 g/mol. The minimum absolute atomic E-state index is 0.128. The van der Waals surface area contributed by atoms with Crippen molar-refractivity contribution in [1.29, 1.82) is 0 Å². The first-order valence-corrected chi connectivity index (χ1v) is 8.05. The van der Waals surface area contributed by atoms with Crippen LogP contribution < -0.4 is 5.73 Å². The van der Waals surface area contributed by atoms with Crippen molar-refractivity contribution < 1.29 is 4.79 Å². The summed E-state index contributed by atoms with van der Waals surface area (Å²) in [7, 11) is 0. The van der Waals surface area contributed by atoms with Crippen LogP contribution in [0.2, 0.25) is 5.02 Å². The number of nitrogens with two attached hydrogens (primary N) is 1. The van der Waals surface area contributed by atoms with Crippen LogP contribution in [0.25, 0.3) is 22.2 Å². The van der Waals surface area contributed by atoms with Gasteiger partial charge in [-0.2, -0.15) is 0 Å². The molecule has 0 bridgehead atoms. The number of carbonyl (C=O) groups is 1. The van der Waals surface area contributed by atoms with Crippen molar-refractivity contribution in [3.05, 3.63) is 52.8 Å². The molecule has 3 N–H and O–H groups in total. The lowest BCUT2D eigenvalue weighted by molar-refractivity contribution is -0.122. The van der Waals surface area contributed by atoms with E-state index >= 15 is 0 Å². The Balaban J connectivity index is 2.00. The number of H-pyrrole nitrogens is 1. The Morgan fingerprint density at radius 3 is 2.96 bits per heavy atom. The van der Waals surface area contributed by atoms with Gasteiger partial charge in [0.1, 0.15) is 0 Å². The third-order valence-electron chi connectivity index (χ3n) is 4.59. The second kappa shape index (κ2) is 5.39. The van der Waals surface area contributed by atoms with E-state index in [4.69, 9.17) is 22.3 Å². The van der Waals surface area contributed by atoms with Gasteiger partial charge in [0.15, 0.2) is 0 Å². The molecule has 1 aromatic carbocycles. The molecule has 1 unspecified atom stereocenters. The van der Waals surface area contributed by atoms with Gasteiger partial charge >= 0.3 is 0 Å². The molecule has 116 valence electrons. The van der Waals surface area contributed by atoms with Gasteiger partial charge in [-0.3, -0.25) is 9.78 Å². The molecule has 1 amide bonds. The van der Waals surface area contributed by atoms with Crippen LogP contribution >= 0.6 is 11.6 Å². The van der Waals surface area contributed by atoms with Gasteiger partial charge < -0.3 is 10.7 Å². The fraction of sp³-hybridized carbons (Fsp3) is 0.222. The summed E-state index contributed by atoms with van der Waals surface area (Å²) in [5.41, 5.74) is 10.7. The van der Waals surface area contributed by atoms with Crippen molar-refractivity contribution in [2.45, 2.75) is 19.3 Å². The van der Waals surface area contributed by atoms with E-state index < -0.39 is 0 Å². The van der Waals surface area contributed by atoms with Crippen LogP contribution in [0.15, 0.2) is 36.5 Å². The molecule has 5 heteroatoms. The van der Waals surface area contributed by atoms with E-state index in [1.165, 1.54) is 5.56 Å². The topological polar surface area (TPSA) is 71.8 Å². The quantitative estimate of drug-likeness (QED) is 0.757. The molecule has 2 aromatic heterocycles. The Hall–Kier alpha value is -2.33. The van der Waals surface area contributed by atoms with E-state index in [2.05, 4.69) is 11.1 Å². The van der Waals surface area contributed by atoms with Gasteiger partial charge in [0, 0.05) is 45.9 Å². The summed E-state index contributed by atoms with van der Waals surface area (Å²) in [6.45, 7) is 0. The lowest BCUT2D eigenvalue weighted by Gasteiger charge is -2.24. The highest BCUT2D eigenvalue weighted by molar-refractivity contribution is 6.31. The maximum atomic E-state index is 11.6.